The predicted octanol–water partition coefficient (Wildman–Crippen LogP) is 14.8. The lowest BCUT2D eigenvalue weighted by atomic mass is 9.61. The average Bonchev–Trinajstić information content (AvgIpc) is 3.68. The van der Waals surface area contributed by atoms with E-state index in [9.17, 15) is 0 Å². The van der Waals surface area contributed by atoms with Gasteiger partial charge in [-0.15, -0.1) is 11.8 Å². The van der Waals surface area contributed by atoms with E-state index in [1.54, 1.807) is 0 Å². The number of hydrogen-bond donors (Lipinski definition) is 0. The zero-order chi connectivity index (χ0) is 38.5. The molecule has 0 spiro atoms. The molecule has 0 aromatic heterocycles. The van der Waals surface area contributed by atoms with Gasteiger partial charge in [-0.3, -0.25) is 0 Å². The minimum atomic E-state index is -0.104. The van der Waals surface area contributed by atoms with Crippen LogP contribution in [0.25, 0.3) is 28.3 Å². The molecule has 0 saturated carbocycles. The van der Waals surface area contributed by atoms with Gasteiger partial charge in [-0.25, -0.2) is 0 Å². The third kappa shape index (κ3) is 5.30. The van der Waals surface area contributed by atoms with E-state index in [0.717, 1.165) is 24.2 Å². The summed E-state index contributed by atoms with van der Waals surface area (Å²) in [5.41, 5.74) is 18.3. The molecule has 0 radical (unpaired) electrons. The number of allylic oxidation sites excluding steroid dienone is 12. The fourth-order valence-corrected chi connectivity index (χ4v) is 12.0. The van der Waals surface area contributed by atoms with Gasteiger partial charge in [0.05, 0.1) is 0 Å². The molecule has 1 aliphatic heterocycles. The van der Waals surface area contributed by atoms with Crippen LogP contribution in [0.15, 0.2) is 175 Å². The molecular weight excluding hydrogens is 707 g/mol. The van der Waals surface area contributed by atoms with Gasteiger partial charge in [0.2, 0.25) is 0 Å². The molecule has 2 heteroatoms. The molecule has 5 aromatic carbocycles. The summed E-state index contributed by atoms with van der Waals surface area (Å²) in [6.45, 7) is 9.59. The van der Waals surface area contributed by atoms with E-state index < -0.39 is 0 Å². The Bertz CT molecular complexity index is 2710. The molecule has 57 heavy (non-hydrogen) atoms. The van der Waals surface area contributed by atoms with Crippen molar-refractivity contribution >= 4 is 46.0 Å². The first-order valence-corrected chi connectivity index (χ1v) is 21.5. The molecule has 0 amide bonds. The Kier molecular flexibility index (Phi) is 7.73. The Hall–Kier alpha value is -5.57. The molecule has 0 bridgehead atoms. The number of nitrogens with zero attached hydrogens (tertiary/aromatic N) is 1. The summed E-state index contributed by atoms with van der Waals surface area (Å²) < 4.78 is 0.0710. The summed E-state index contributed by atoms with van der Waals surface area (Å²) >= 11 is 2.03. The molecule has 5 aromatic rings. The molecule has 4 unspecified atom stereocenters. The minimum absolute atomic E-state index is 0.0710. The zero-order valence-corrected chi connectivity index (χ0v) is 34.0. The maximum absolute atomic E-state index is 2.51. The largest absolute Gasteiger partial charge is 0.310 e. The Morgan fingerprint density at radius 3 is 2.14 bits per heavy atom. The van der Waals surface area contributed by atoms with Crippen molar-refractivity contribution in [2.24, 2.45) is 5.92 Å². The zero-order valence-electron chi connectivity index (χ0n) is 33.2. The van der Waals surface area contributed by atoms with Crippen molar-refractivity contribution in [3.8, 4) is 11.1 Å². The Morgan fingerprint density at radius 2 is 1.37 bits per heavy atom. The second kappa shape index (κ2) is 12.7. The first kappa shape index (κ1) is 34.7. The Morgan fingerprint density at radius 1 is 0.632 bits per heavy atom. The molecule has 278 valence electrons. The maximum atomic E-state index is 2.51. The highest BCUT2D eigenvalue weighted by Gasteiger charge is 2.48. The van der Waals surface area contributed by atoms with Crippen LogP contribution in [0.3, 0.4) is 0 Å². The third-order valence-corrected chi connectivity index (χ3v) is 15.2. The van der Waals surface area contributed by atoms with E-state index in [-0.39, 0.29) is 21.5 Å². The van der Waals surface area contributed by atoms with Crippen molar-refractivity contribution in [3.05, 3.63) is 209 Å². The van der Waals surface area contributed by atoms with Crippen LogP contribution in [0, 0.1) is 5.92 Å². The van der Waals surface area contributed by atoms with Crippen LogP contribution in [0.1, 0.15) is 85.4 Å². The standard InChI is InChI=1S/C55H47NS/c1-53(2)47-15-9-8-14-45(47)46-29-28-44(35-49(46)53)56(42-24-18-37(19-25-42)36-12-6-5-7-13-36)43-26-20-38(21-27-43)40-31-33-54(3)41(34-40)23-17-39-22-30-50-51(52(39)54)48-16-10-11-32-55(48,4)57-50/h6,8-35,41,48H,5,7H2,1-4H3. The van der Waals surface area contributed by atoms with E-state index in [0.29, 0.717) is 5.92 Å². The molecule has 0 fully saturated rings. The fraction of sp³-hybridized carbons (Fsp3) is 0.200. The van der Waals surface area contributed by atoms with Crippen LogP contribution < -0.4 is 4.90 Å². The van der Waals surface area contributed by atoms with Gasteiger partial charge >= 0.3 is 0 Å². The van der Waals surface area contributed by atoms with Crippen molar-refractivity contribution in [3.63, 3.8) is 0 Å². The lowest BCUT2D eigenvalue weighted by molar-refractivity contribution is 0.484. The summed E-state index contributed by atoms with van der Waals surface area (Å²) in [4.78, 5) is 3.87. The molecule has 1 heterocycles. The van der Waals surface area contributed by atoms with E-state index in [1.807, 2.05) is 11.8 Å². The topological polar surface area (TPSA) is 3.24 Å². The van der Waals surface area contributed by atoms with E-state index in [4.69, 9.17) is 0 Å². The normalized spacial score (nSPS) is 25.1. The van der Waals surface area contributed by atoms with Gasteiger partial charge in [-0.05, 0) is 123 Å². The molecule has 0 saturated heterocycles. The van der Waals surface area contributed by atoms with Crippen LogP contribution in [-0.4, -0.2) is 4.75 Å². The first-order chi connectivity index (χ1) is 27.7. The van der Waals surface area contributed by atoms with Gasteiger partial charge in [0, 0.05) is 49.4 Å². The number of hydrogen-bond acceptors (Lipinski definition) is 2. The summed E-state index contributed by atoms with van der Waals surface area (Å²) in [5, 5.41) is 0. The van der Waals surface area contributed by atoms with Gasteiger partial charge in [0.15, 0.2) is 0 Å². The number of anilines is 3. The van der Waals surface area contributed by atoms with Crippen LogP contribution in [0.5, 0.6) is 0 Å². The van der Waals surface area contributed by atoms with E-state index in [1.165, 1.54) is 71.8 Å². The molecule has 6 aliphatic rings. The van der Waals surface area contributed by atoms with Gasteiger partial charge in [-0.2, -0.15) is 0 Å². The molecule has 5 aliphatic carbocycles. The highest BCUT2D eigenvalue weighted by atomic mass is 32.2. The van der Waals surface area contributed by atoms with Crippen LogP contribution in [-0.2, 0) is 10.8 Å². The lowest BCUT2D eigenvalue weighted by Gasteiger charge is -2.41. The smallest absolute Gasteiger partial charge is 0.0465 e. The van der Waals surface area contributed by atoms with E-state index >= 15 is 0 Å². The quantitative estimate of drug-likeness (QED) is 0.176. The highest BCUT2D eigenvalue weighted by Crippen LogP contribution is 2.61. The molecule has 0 N–H and O–H groups in total. The minimum Gasteiger partial charge on any atom is -0.310 e. The average molecular weight is 754 g/mol. The van der Waals surface area contributed by atoms with Crippen LogP contribution in [0.2, 0.25) is 0 Å². The second-order valence-corrected chi connectivity index (χ2v) is 19.1. The molecule has 4 atom stereocenters. The van der Waals surface area contributed by atoms with Gasteiger partial charge < -0.3 is 4.90 Å². The number of benzene rings is 5. The van der Waals surface area contributed by atoms with Crippen molar-refractivity contribution < 1.29 is 0 Å². The summed E-state index contributed by atoms with van der Waals surface area (Å²) in [6, 6.07) is 39.1. The predicted molar refractivity (Wildman–Crippen MR) is 244 cm³/mol. The molecular formula is C55H47NS. The number of rotatable bonds is 5. The first-order valence-electron chi connectivity index (χ1n) is 20.7. The molecule has 11 rings (SSSR count). The van der Waals surface area contributed by atoms with Crippen LogP contribution in [0.4, 0.5) is 17.1 Å². The monoisotopic (exact) mass is 753 g/mol. The summed E-state index contributed by atoms with van der Waals surface area (Å²) in [7, 11) is 0. The number of fused-ring (bicyclic) bond motifs is 10. The van der Waals surface area contributed by atoms with Gasteiger partial charge in [0.1, 0.15) is 0 Å². The van der Waals surface area contributed by atoms with Gasteiger partial charge in [0.25, 0.3) is 0 Å². The third-order valence-electron chi connectivity index (χ3n) is 13.8. The number of thioether (sulfide) groups is 1. The highest BCUT2D eigenvalue weighted by molar-refractivity contribution is 8.01. The van der Waals surface area contributed by atoms with Crippen molar-refractivity contribution in [2.75, 3.05) is 4.90 Å². The lowest BCUT2D eigenvalue weighted by Crippen LogP contribution is -2.35. The van der Waals surface area contributed by atoms with Crippen molar-refractivity contribution in [1.29, 1.82) is 0 Å². The maximum Gasteiger partial charge on any atom is 0.0465 e. The molecule has 1 nitrogen and oxygen atoms in total. The fourth-order valence-electron chi connectivity index (χ4n) is 10.6. The Labute approximate surface area is 342 Å². The SMILES string of the molecule is CC1(C)c2ccccc2-c2ccc(N(c3ccc(C4=CCCC=C4)cc3)c3ccc(C4=CC5C=Cc6ccc7c(c6C5(C)C=C4)C4C=CC=CC4(C)S7)cc3)cc21. The van der Waals surface area contributed by atoms with Crippen LogP contribution >= 0.6 is 11.8 Å². The summed E-state index contributed by atoms with van der Waals surface area (Å²) in [5.74, 6) is 0.666. The van der Waals surface area contributed by atoms with E-state index in [2.05, 4.69) is 209 Å². The summed E-state index contributed by atoms with van der Waals surface area (Å²) in [6.07, 6.45) is 30.6. The Balaban J connectivity index is 0.951. The van der Waals surface area contributed by atoms with Crippen molar-refractivity contribution in [2.45, 2.75) is 66.9 Å². The van der Waals surface area contributed by atoms with Gasteiger partial charge in [-0.1, -0.05) is 154 Å². The van der Waals surface area contributed by atoms with Crippen molar-refractivity contribution in [1.82, 2.24) is 0 Å². The second-order valence-electron chi connectivity index (χ2n) is 17.5.